The van der Waals surface area contributed by atoms with Crippen molar-refractivity contribution in [1.82, 2.24) is 5.32 Å². The number of Topliss-reactive ketones (excluding diaryl/α,β-unsaturated/α-hetero) is 1. The second-order valence-electron chi connectivity index (χ2n) is 8.17. The number of carbonyl (C=O) groups excluding carboxylic acids is 2. The number of amides is 1. The van der Waals surface area contributed by atoms with Gasteiger partial charge in [-0.15, -0.1) is 0 Å². The van der Waals surface area contributed by atoms with Crippen LogP contribution < -0.4 is 24.3 Å². The number of methoxy groups -OCH3 is 1. The fourth-order valence-electron chi connectivity index (χ4n) is 3.67. The topological polar surface area (TPSA) is 83.1 Å². The fraction of sp³-hybridized carbons (Fsp3) is 0.286. The van der Waals surface area contributed by atoms with Crippen molar-refractivity contribution in [2.24, 2.45) is 0 Å². The molecule has 0 atom stereocenters. The van der Waals surface area contributed by atoms with Gasteiger partial charge in [0.15, 0.2) is 28.8 Å². The number of carbonyl (C=O) groups is 2. The third-order valence-electron chi connectivity index (χ3n) is 5.60. The van der Waals surface area contributed by atoms with Crippen molar-refractivity contribution in [3.8, 4) is 23.0 Å². The summed E-state index contributed by atoms with van der Waals surface area (Å²) in [4.78, 5) is 24.9. The highest BCUT2D eigenvalue weighted by molar-refractivity contribution is 5.98. The van der Waals surface area contributed by atoms with Gasteiger partial charge in [0.05, 0.1) is 20.3 Å². The Bertz CT molecular complexity index is 1160. The molecule has 0 fully saturated rings. The van der Waals surface area contributed by atoms with Gasteiger partial charge in [-0.25, -0.2) is 0 Å². The first-order valence-corrected chi connectivity index (χ1v) is 11.7. The maximum Gasteiger partial charge on any atom is 0.220 e. The molecule has 0 aromatic heterocycles. The minimum atomic E-state index is -0.198. The average Bonchev–Trinajstić information content (AvgIpc) is 3.15. The lowest BCUT2D eigenvalue weighted by Crippen LogP contribution is -2.23. The predicted octanol–water partition coefficient (Wildman–Crippen LogP) is 4.71. The Kier molecular flexibility index (Phi) is 8.22. The highest BCUT2D eigenvalue weighted by atomic mass is 16.5. The van der Waals surface area contributed by atoms with Crippen LogP contribution in [0.1, 0.15) is 40.7 Å². The zero-order chi connectivity index (χ0) is 24.5. The van der Waals surface area contributed by atoms with Crippen molar-refractivity contribution in [3.05, 3.63) is 83.4 Å². The van der Waals surface area contributed by atoms with E-state index in [9.17, 15) is 9.59 Å². The fourth-order valence-corrected chi connectivity index (χ4v) is 3.67. The number of hydrogen-bond acceptors (Lipinski definition) is 6. The molecule has 4 rings (SSSR count). The Morgan fingerprint density at radius 2 is 1.66 bits per heavy atom. The van der Waals surface area contributed by atoms with Crippen molar-refractivity contribution in [2.75, 3.05) is 20.3 Å². The summed E-state index contributed by atoms with van der Waals surface area (Å²) in [7, 11) is 1.58. The number of rotatable bonds is 10. The summed E-state index contributed by atoms with van der Waals surface area (Å²) in [6.45, 7) is 1.91. The van der Waals surface area contributed by atoms with Gasteiger partial charge in [-0.1, -0.05) is 36.4 Å². The van der Waals surface area contributed by atoms with E-state index in [0.717, 1.165) is 17.5 Å². The summed E-state index contributed by atoms with van der Waals surface area (Å²) in [6.07, 6.45) is 1.01. The molecule has 1 aliphatic rings. The summed E-state index contributed by atoms with van der Waals surface area (Å²) >= 11 is 0. The first-order valence-electron chi connectivity index (χ1n) is 11.7. The SMILES string of the molecule is COc1cc(CNC(=O)CCC(=O)c2ccc3c(c2)OCCCO3)ccc1OCc1ccccc1. The molecule has 1 aliphatic heterocycles. The van der Waals surface area contributed by atoms with Crippen LogP contribution in [0.4, 0.5) is 0 Å². The lowest BCUT2D eigenvalue weighted by atomic mass is 10.1. The molecule has 182 valence electrons. The van der Waals surface area contributed by atoms with Crippen LogP contribution in [0.3, 0.4) is 0 Å². The van der Waals surface area contributed by atoms with Crippen molar-refractivity contribution in [3.63, 3.8) is 0 Å². The second kappa shape index (κ2) is 11.9. The number of nitrogens with one attached hydrogen (secondary N) is 1. The molecule has 0 bridgehead atoms. The first kappa shape index (κ1) is 24.1. The highest BCUT2D eigenvalue weighted by Crippen LogP contribution is 2.31. The molecule has 1 amide bonds. The Labute approximate surface area is 205 Å². The molecule has 7 nitrogen and oxygen atoms in total. The molecular weight excluding hydrogens is 446 g/mol. The van der Waals surface area contributed by atoms with Gasteiger partial charge in [-0.05, 0) is 41.5 Å². The predicted molar refractivity (Wildman–Crippen MR) is 131 cm³/mol. The molecule has 7 heteroatoms. The molecule has 1 heterocycles. The molecule has 0 saturated heterocycles. The van der Waals surface area contributed by atoms with Crippen molar-refractivity contribution in [2.45, 2.75) is 32.4 Å². The van der Waals surface area contributed by atoms with Gasteiger partial charge in [0.2, 0.25) is 5.91 Å². The normalized spacial score (nSPS) is 12.4. The van der Waals surface area contributed by atoms with E-state index < -0.39 is 0 Å². The third-order valence-corrected chi connectivity index (χ3v) is 5.60. The highest BCUT2D eigenvalue weighted by Gasteiger charge is 2.15. The number of ketones is 1. The Balaban J connectivity index is 1.26. The number of fused-ring (bicyclic) bond motifs is 1. The van der Waals surface area contributed by atoms with Crippen LogP contribution in [0.2, 0.25) is 0 Å². The van der Waals surface area contributed by atoms with E-state index in [2.05, 4.69) is 5.32 Å². The zero-order valence-electron chi connectivity index (χ0n) is 19.8. The van der Waals surface area contributed by atoms with Crippen LogP contribution in [-0.4, -0.2) is 32.0 Å². The second-order valence-corrected chi connectivity index (χ2v) is 8.17. The summed E-state index contributed by atoms with van der Waals surface area (Å²) in [5.74, 6) is 2.13. The minimum Gasteiger partial charge on any atom is -0.493 e. The molecule has 0 unspecified atom stereocenters. The van der Waals surface area contributed by atoms with Gasteiger partial charge in [-0.3, -0.25) is 9.59 Å². The van der Waals surface area contributed by atoms with Gasteiger partial charge < -0.3 is 24.3 Å². The quantitative estimate of drug-likeness (QED) is 0.428. The molecular formula is C28H29NO6. The molecule has 3 aromatic rings. The van der Waals surface area contributed by atoms with E-state index in [0.29, 0.717) is 54.9 Å². The van der Waals surface area contributed by atoms with E-state index in [4.69, 9.17) is 18.9 Å². The minimum absolute atomic E-state index is 0.0999. The molecule has 35 heavy (non-hydrogen) atoms. The number of hydrogen-bond donors (Lipinski definition) is 1. The smallest absolute Gasteiger partial charge is 0.220 e. The molecule has 0 saturated carbocycles. The zero-order valence-corrected chi connectivity index (χ0v) is 19.8. The van der Waals surface area contributed by atoms with Crippen LogP contribution in [0.5, 0.6) is 23.0 Å². The van der Waals surface area contributed by atoms with E-state index in [1.807, 2.05) is 48.5 Å². The van der Waals surface area contributed by atoms with E-state index in [1.165, 1.54) is 0 Å². The standard InChI is InChI=1S/C28H29NO6/c1-32-26-16-21(8-11-24(26)35-19-20-6-3-2-4-7-20)18-29-28(31)13-10-23(30)22-9-12-25-27(17-22)34-15-5-14-33-25/h2-4,6-9,11-12,16-17H,5,10,13-15,18-19H2,1H3,(H,29,31). The first-order chi connectivity index (χ1) is 17.1. The van der Waals surface area contributed by atoms with Crippen molar-refractivity contribution >= 4 is 11.7 Å². The van der Waals surface area contributed by atoms with Crippen molar-refractivity contribution < 1.29 is 28.5 Å². The van der Waals surface area contributed by atoms with E-state index in [1.54, 1.807) is 25.3 Å². The molecule has 0 aliphatic carbocycles. The number of ether oxygens (including phenoxy) is 4. The van der Waals surface area contributed by atoms with Crippen molar-refractivity contribution in [1.29, 1.82) is 0 Å². The van der Waals surface area contributed by atoms with Crippen LogP contribution in [0.15, 0.2) is 66.7 Å². The van der Waals surface area contributed by atoms with Gasteiger partial charge in [0.25, 0.3) is 0 Å². The summed E-state index contributed by atoms with van der Waals surface area (Å²) in [5, 5.41) is 2.86. The maximum absolute atomic E-state index is 12.6. The lowest BCUT2D eigenvalue weighted by Gasteiger charge is -2.13. The van der Waals surface area contributed by atoms with E-state index >= 15 is 0 Å². The van der Waals surface area contributed by atoms with Gasteiger partial charge in [0, 0.05) is 31.4 Å². The maximum atomic E-state index is 12.6. The Morgan fingerprint density at radius 1 is 0.857 bits per heavy atom. The van der Waals surface area contributed by atoms with Crippen LogP contribution in [-0.2, 0) is 17.9 Å². The van der Waals surface area contributed by atoms with Crippen LogP contribution >= 0.6 is 0 Å². The van der Waals surface area contributed by atoms with Gasteiger partial charge in [0.1, 0.15) is 6.61 Å². The van der Waals surface area contributed by atoms with E-state index in [-0.39, 0.29) is 24.5 Å². The lowest BCUT2D eigenvalue weighted by molar-refractivity contribution is -0.121. The Morgan fingerprint density at radius 3 is 2.46 bits per heavy atom. The monoisotopic (exact) mass is 475 g/mol. The van der Waals surface area contributed by atoms with Gasteiger partial charge >= 0.3 is 0 Å². The number of benzene rings is 3. The molecule has 3 aromatic carbocycles. The largest absolute Gasteiger partial charge is 0.493 e. The van der Waals surface area contributed by atoms with Crippen LogP contribution in [0, 0.1) is 0 Å². The molecule has 1 N–H and O–H groups in total. The summed E-state index contributed by atoms with van der Waals surface area (Å²) in [5.41, 5.74) is 2.45. The van der Waals surface area contributed by atoms with Crippen LogP contribution in [0.25, 0.3) is 0 Å². The average molecular weight is 476 g/mol. The molecule has 0 radical (unpaired) electrons. The summed E-state index contributed by atoms with van der Waals surface area (Å²) < 4.78 is 22.6. The van der Waals surface area contributed by atoms with Gasteiger partial charge in [-0.2, -0.15) is 0 Å². The Hall–Kier alpha value is -4.00. The third kappa shape index (κ3) is 6.76. The molecule has 0 spiro atoms. The summed E-state index contributed by atoms with van der Waals surface area (Å²) in [6, 6.07) is 20.6.